The number of hydrogen-bond acceptors (Lipinski definition) is 3. The summed E-state index contributed by atoms with van der Waals surface area (Å²) in [7, 11) is 0. The first-order chi connectivity index (χ1) is 9.74. The van der Waals surface area contributed by atoms with E-state index < -0.39 is 0 Å². The van der Waals surface area contributed by atoms with Gasteiger partial charge in [-0.05, 0) is 43.2 Å². The average Bonchev–Trinajstić information content (AvgIpc) is 2.94. The van der Waals surface area contributed by atoms with Crippen molar-refractivity contribution < 1.29 is 0 Å². The first kappa shape index (κ1) is 13.9. The zero-order valence-corrected chi connectivity index (χ0v) is 12.8. The zero-order valence-electron chi connectivity index (χ0n) is 12.8. The van der Waals surface area contributed by atoms with Gasteiger partial charge in [-0.2, -0.15) is 0 Å². The monoisotopic (exact) mass is 273 g/mol. The molecule has 1 aromatic rings. The van der Waals surface area contributed by atoms with Gasteiger partial charge in [0.15, 0.2) is 0 Å². The maximum atomic E-state index is 4.73. The molecule has 0 amide bonds. The second-order valence-corrected chi connectivity index (χ2v) is 6.65. The fourth-order valence-electron chi connectivity index (χ4n) is 3.75. The molecule has 0 aromatic carbocycles. The van der Waals surface area contributed by atoms with Crippen molar-refractivity contribution in [2.45, 2.75) is 64.6 Å². The maximum Gasteiger partial charge on any atom is 0.128 e. The van der Waals surface area contributed by atoms with Crippen LogP contribution in [0.2, 0.25) is 0 Å². The third kappa shape index (κ3) is 2.98. The molecule has 2 unspecified atom stereocenters. The number of nitrogens with zero attached hydrogens (tertiary/aromatic N) is 2. The molecule has 1 aliphatic heterocycles. The number of rotatable bonds is 4. The van der Waals surface area contributed by atoms with Gasteiger partial charge in [-0.25, -0.2) is 4.98 Å². The van der Waals surface area contributed by atoms with Crippen molar-refractivity contribution in [2.75, 3.05) is 11.4 Å². The summed E-state index contributed by atoms with van der Waals surface area (Å²) in [4.78, 5) is 7.30. The largest absolute Gasteiger partial charge is 0.353 e. The minimum absolute atomic E-state index is 0.524. The number of hydrogen-bond donors (Lipinski definition) is 1. The van der Waals surface area contributed by atoms with Gasteiger partial charge in [-0.15, -0.1) is 0 Å². The number of anilines is 1. The van der Waals surface area contributed by atoms with Crippen molar-refractivity contribution in [3.8, 4) is 0 Å². The summed E-state index contributed by atoms with van der Waals surface area (Å²) in [6, 6.07) is 5.74. The second-order valence-electron chi connectivity index (χ2n) is 6.65. The molecule has 3 heteroatoms. The Balaban J connectivity index is 1.67. The summed E-state index contributed by atoms with van der Waals surface area (Å²) in [5, 5.41) is 3.44. The van der Waals surface area contributed by atoms with Crippen LogP contribution in [-0.4, -0.2) is 23.6 Å². The summed E-state index contributed by atoms with van der Waals surface area (Å²) < 4.78 is 0. The quantitative estimate of drug-likeness (QED) is 0.912. The highest BCUT2D eigenvalue weighted by Gasteiger charge is 2.35. The molecule has 3 nitrogen and oxygen atoms in total. The van der Waals surface area contributed by atoms with Gasteiger partial charge < -0.3 is 10.2 Å². The molecular weight excluding hydrogens is 246 g/mol. The molecule has 1 aliphatic carbocycles. The van der Waals surface area contributed by atoms with Crippen LogP contribution in [0.3, 0.4) is 0 Å². The van der Waals surface area contributed by atoms with Gasteiger partial charge in [0.25, 0.3) is 0 Å². The Hall–Kier alpha value is -1.09. The number of aromatic nitrogens is 1. The average molecular weight is 273 g/mol. The van der Waals surface area contributed by atoms with E-state index in [2.05, 4.69) is 36.2 Å². The van der Waals surface area contributed by atoms with Crippen molar-refractivity contribution in [2.24, 2.45) is 5.92 Å². The molecule has 2 heterocycles. The van der Waals surface area contributed by atoms with E-state index in [0.29, 0.717) is 6.04 Å². The first-order valence-electron chi connectivity index (χ1n) is 8.19. The number of fused-ring (bicyclic) bond motifs is 1. The van der Waals surface area contributed by atoms with Crippen molar-refractivity contribution in [3.05, 3.63) is 23.9 Å². The lowest BCUT2D eigenvalue weighted by Gasteiger charge is -2.38. The Morgan fingerprint density at radius 1 is 1.25 bits per heavy atom. The summed E-state index contributed by atoms with van der Waals surface area (Å²) in [6.45, 7) is 6.46. The number of nitrogens with one attached hydrogen (secondary N) is 1. The van der Waals surface area contributed by atoms with Gasteiger partial charge in [-0.1, -0.05) is 26.3 Å². The van der Waals surface area contributed by atoms with Crippen molar-refractivity contribution in [1.29, 1.82) is 0 Å². The Morgan fingerprint density at radius 3 is 2.85 bits per heavy atom. The standard InChI is InChI=1S/C17H27N3/c1-13(2)18-11-14-8-9-17(19-12-14)20-10-4-6-15-5-3-7-16(15)20/h8-9,12-13,15-16,18H,3-7,10-11H2,1-2H3. The lowest BCUT2D eigenvalue weighted by Crippen LogP contribution is -2.43. The van der Waals surface area contributed by atoms with Gasteiger partial charge in [-0.3, -0.25) is 0 Å². The Kier molecular flexibility index (Phi) is 4.25. The Morgan fingerprint density at radius 2 is 2.10 bits per heavy atom. The van der Waals surface area contributed by atoms with Crippen LogP contribution in [0.4, 0.5) is 5.82 Å². The van der Waals surface area contributed by atoms with E-state index in [9.17, 15) is 0 Å². The van der Waals surface area contributed by atoms with Crippen LogP contribution in [0, 0.1) is 5.92 Å². The molecule has 2 aliphatic rings. The normalized spacial score (nSPS) is 26.1. The van der Waals surface area contributed by atoms with E-state index in [-0.39, 0.29) is 0 Å². The molecule has 0 bridgehead atoms. The maximum absolute atomic E-state index is 4.73. The highest BCUT2D eigenvalue weighted by molar-refractivity contribution is 5.42. The molecule has 1 N–H and O–H groups in total. The summed E-state index contributed by atoms with van der Waals surface area (Å²) in [5.74, 6) is 2.11. The van der Waals surface area contributed by atoms with Crippen molar-refractivity contribution in [1.82, 2.24) is 10.3 Å². The van der Waals surface area contributed by atoms with Gasteiger partial charge in [0.1, 0.15) is 5.82 Å². The van der Waals surface area contributed by atoms with Gasteiger partial charge in [0.05, 0.1) is 0 Å². The van der Waals surface area contributed by atoms with E-state index in [1.54, 1.807) is 0 Å². The van der Waals surface area contributed by atoms with Crippen LogP contribution < -0.4 is 10.2 Å². The molecule has 1 saturated carbocycles. The van der Waals surface area contributed by atoms with E-state index in [4.69, 9.17) is 4.98 Å². The molecule has 3 rings (SSSR count). The smallest absolute Gasteiger partial charge is 0.128 e. The molecule has 110 valence electrons. The molecule has 0 radical (unpaired) electrons. The van der Waals surface area contributed by atoms with Crippen LogP contribution >= 0.6 is 0 Å². The Labute approximate surface area is 122 Å². The predicted octanol–water partition coefficient (Wildman–Crippen LogP) is 3.35. The number of pyridine rings is 1. The van der Waals surface area contributed by atoms with E-state index in [0.717, 1.165) is 18.5 Å². The SMILES string of the molecule is CC(C)NCc1ccc(N2CCCC3CCCC32)nc1. The molecule has 1 aromatic heterocycles. The van der Waals surface area contributed by atoms with Crippen LogP contribution in [0.5, 0.6) is 0 Å². The third-order valence-corrected chi connectivity index (χ3v) is 4.81. The predicted molar refractivity (Wildman–Crippen MR) is 83.9 cm³/mol. The summed E-state index contributed by atoms with van der Waals surface area (Å²) in [6.07, 6.45) is 9.00. The van der Waals surface area contributed by atoms with E-state index in [1.165, 1.54) is 50.0 Å². The fraction of sp³-hybridized carbons (Fsp3) is 0.706. The van der Waals surface area contributed by atoms with Crippen molar-refractivity contribution in [3.63, 3.8) is 0 Å². The lowest BCUT2D eigenvalue weighted by atomic mass is 9.92. The molecule has 20 heavy (non-hydrogen) atoms. The molecule has 2 fully saturated rings. The van der Waals surface area contributed by atoms with Crippen LogP contribution in [0.15, 0.2) is 18.3 Å². The summed E-state index contributed by atoms with van der Waals surface area (Å²) in [5.41, 5.74) is 1.28. The summed E-state index contributed by atoms with van der Waals surface area (Å²) >= 11 is 0. The molecule has 2 atom stereocenters. The highest BCUT2D eigenvalue weighted by Crippen LogP contribution is 2.38. The van der Waals surface area contributed by atoms with Crippen molar-refractivity contribution >= 4 is 5.82 Å². The molecule has 1 saturated heterocycles. The Bertz CT molecular complexity index is 426. The van der Waals surface area contributed by atoms with Gasteiger partial charge in [0.2, 0.25) is 0 Å². The minimum atomic E-state index is 0.524. The van der Waals surface area contributed by atoms with Gasteiger partial charge >= 0.3 is 0 Å². The van der Waals surface area contributed by atoms with Crippen LogP contribution in [0.1, 0.15) is 51.5 Å². The molecular formula is C17H27N3. The van der Waals surface area contributed by atoms with E-state index in [1.807, 2.05) is 6.20 Å². The van der Waals surface area contributed by atoms with Crippen LogP contribution in [0.25, 0.3) is 0 Å². The zero-order chi connectivity index (χ0) is 13.9. The third-order valence-electron chi connectivity index (χ3n) is 4.81. The highest BCUT2D eigenvalue weighted by atomic mass is 15.2. The first-order valence-corrected chi connectivity index (χ1v) is 8.19. The lowest BCUT2D eigenvalue weighted by molar-refractivity contribution is 0.360. The minimum Gasteiger partial charge on any atom is -0.353 e. The topological polar surface area (TPSA) is 28.2 Å². The second kappa shape index (κ2) is 6.13. The molecule has 0 spiro atoms. The van der Waals surface area contributed by atoms with Crippen LogP contribution in [-0.2, 0) is 6.54 Å². The van der Waals surface area contributed by atoms with E-state index >= 15 is 0 Å². The fourth-order valence-corrected chi connectivity index (χ4v) is 3.75. The number of piperidine rings is 1. The van der Waals surface area contributed by atoms with Gasteiger partial charge in [0, 0.05) is 31.4 Å².